The highest BCUT2D eigenvalue weighted by atomic mass is 35.5. The number of benzene rings is 1. The van der Waals surface area contributed by atoms with Gasteiger partial charge in [-0.2, -0.15) is 0 Å². The van der Waals surface area contributed by atoms with Crippen LogP contribution in [-0.2, 0) is 11.2 Å². The first-order valence-electron chi connectivity index (χ1n) is 4.40. The van der Waals surface area contributed by atoms with E-state index in [1.807, 2.05) is 32.0 Å². The fourth-order valence-corrected chi connectivity index (χ4v) is 1.54. The molecule has 0 N–H and O–H groups in total. The summed E-state index contributed by atoms with van der Waals surface area (Å²) in [7, 11) is 0. The SMILES string of the molecule is Cc1ccc(C)c(CC(Cl)C(=O)Cl)c1. The zero-order chi connectivity index (χ0) is 10.7. The standard InChI is InChI=1S/C11H12Cl2O/c1-7-3-4-8(2)9(5-7)6-10(12)11(13)14/h3-5,10H,6H2,1-2H3. The summed E-state index contributed by atoms with van der Waals surface area (Å²) in [5.74, 6) is 0. The minimum atomic E-state index is -0.628. The minimum absolute atomic E-state index is 0.493. The van der Waals surface area contributed by atoms with Crippen LogP contribution < -0.4 is 0 Å². The number of aryl methyl sites for hydroxylation is 2. The van der Waals surface area contributed by atoms with Crippen molar-refractivity contribution in [1.82, 2.24) is 0 Å². The summed E-state index contributed by atoms with van der Waals surface area (Å²) in [6.45, 7) is 4.01. The van der Waals surface area contributed by atoms with Gasteiger partial charge in [0.15, 0.2) is 0 Å². The molecule has 0 fully saturated rings. The van der Waals surface area contributed by atoms with Crippen molar-refractivity contribution in [2.45, 2.75) is 25.6 Å². The Hall–Kier alpha value is -0.530. The molecule has 1 unspecified atom stereocenters. The van der Waals surface area contributed by atoms with Gasteiger partial charge in [-0.3, -0.25) is 4.79 Å². The molecule has 1 atom stereocenters. The molecule has 0 aromatic heterocycles. The van der Waals surface area contributed by atoms with E-state index in [1.165, 1.54) is 0 Å². The van der Waals surface area contributed by atoms with Gasteiger partial charge in [0.1, 0.15) is 5.38 Å². The molecule has 14 heavy (non-hydrogen) atoms. The maximum atomic E-state index is 10.8. The van der Waals surface area contributed by atoms with E-state index in [4.69, 9.17) is 23.2 Å². The lowest BCUT2D eigenvalue weighted by Gasteiger charge is -2.08. The molecule has 0 aliphatic rings. The second kappa shape index (κ2) is 4.81. The monoisotopic (exact) mass is 230 g/mol. The maximum Gasteiger partial charge on any atom is 0.239 e. The summed E-state index contributed by atoms with van der Waals surface area (Å²) in [6.07, 6.45) is 0.497. The third-order valence-electron chi connectivity index (χ3n) is 2.15. The highest BCUT2D eigenvalue weighted by Crippen LogP contribution is 2.16. The number of hydrogen-bond acceptors (Lipinski definition) is 1. The zero-order valence-corrected chi connectivity index (χ0v) is 9.69. The van der Waals surface area contributed by atoms with Gasteiger partial charge in [-0.1, -0.05) is 23.8 Å². The van der Waals surface area contributed by atoms with E-state index in [-0.39, 0.29) is 0 Å². The Morgan fingerprint density at radius 1 is 1.43 bits per heavy atom. The predicted octanol–water partition coefficient (Wildman–Crippen LogP) is 3.22. The van der Waals surface area contributed by atoms with Crippen molar-refractivity contribution in [1.29, 1.82) is 0 Å². The maximum absolute atomic E-state index is 10.8. The van der Waals surface area contributed by atoms with Crippen LogP contribution in [0.4, 0.5) is 0 Å². The molecule has 1 aromatic rings. The third kappa shape index (κ3) is 3.00. The number of hydrogen-bond donors (Lipinski definition) is 0. The largest absolute Gasteiger partial charge is 0.280 e. The number of alkyl halides is 1. The molecule has 0 saturated carbocycles. The molecule has 0 radical (unpaired) electrons. The van der Waals surface area contributed by atoms with Crippen LogP contribution in [0, 0.1) is 13.8 Å². The van der Waals surface area contributed by atoms with Gasteiger partial charge in [0.2, 0.25) is 5.24 Å². The van der Waals surface area contributed by atoms with Gasteiger partial charge in [0.05, 0.1) is 0 Å². The normalized spacial score (nSPS) is 12.6. The van der Waals surface area contributed by atoms with Gasteiger partial charge in [-0.25, -0.2) is 0 Å². The predicted molar refractivity (Wildman–Crippen MR) is 60.1 cm³/mol. The molecule has 0 bridgehead atoms. The molecular weight excluding hydrogens is 219 g/mol. The summed E-state index contributed by atoms with van der Waals surface area (Å²) < 4.78 is 0. The van der Waals surface area contributed by atoms with Crippen molar-refractivity contribution in [2.75, 3.05) is 0 Å². The first kappa shape index (κ1) is 11.5. The Labute approximate surface area is 94.0 Å². The molecule has 0 heterocycles. The second-order valence-electron chi connectivity index (χ2n) is 3.41. The molecule has 3 heteroatoms. The van der Waals surface area contributed by atoms with E-state index in [0.29, 0.717) is 6.42 Å². The van der Waals surface area contributed by atoms with Crippen LogP contribution in [0.15, 0.2) is 18.2 Å². The molecule has 76 valence electrons. The van der Waals surface area contributed by atoms with E-state index in [9.17, 15) is 4.79 Å². The molecule has 0 aliphatic carbocycles. The van der Waals surface area contributed by atoms with Crippen LogP contribution in [0.2, 0.25) is 0 Å². The van der Waals surface area contributed by atoms with Crippen molar-refractivity contribution < 1.29 is 4.79 Å². The van der Waals surface area contributed by atoms with Crippen LogP contribution >= 0.6 is 23.2 Å². The van der Waals surface area contributed by atoms with Gasteiger partial charge in [0, 0.05) is 0 Å². The van der Waals surface area contributed by atoms with Crippen molar-refractivity contribution in [3.63, 3.8) is 0 Å². The van der Waals surface area contributed by atoms with Crippen LogP contribution in [0.1, 0.15) is 16.7 Å². The molecule has 1 aromatic carbocycles. The quantitative estimate of drug-likeness (QED) is 0.576. The first-order valence-corrected chi connectivity index (χ1v) is 5.21. The Kier molecular flexibility index (Phi) is 3.97. The Bertz CT molecular complexity index is 347. The number of rotatable bonds is 3. The summed E-state index contributed by atoms with van der Waals surface area (Å²) >= 11 is 11.1. The van der Waals surface area contributed by atoms with Gasteiger partial charge in [-0.15, -0.1) is 11.6 Å². The lowest BCUT2D eigenvalue weighted by atomic mass is 10.0. The topological polar surface area (TPSA) is 17.1 Å². The summed E-state index contributed by atoms with van der Waals surface area (Å²) in [5, 5.41) is -1.12. The van der Waals surface area contributed by atoms with Gasteiger partial charge < -0.3 is 0 Å². The number of carbonyl (C=O) groups is 1. The van der Waals surface area contributed by atoms with Crippen molar-refractivity contribution in [2.24, 2.45) is 0 Å². The van der Waals surface area contributed by atoms with Crippen molar-refractivity contribution in [3.8, 4) is 0 Å². The van der Waals surface area contributed by atoms with Gasteiger partial charge >= 0.3 is 0 Å². The smallest absolute Gasteiger partial charge is 0.239 e. The Morgan fingerprint density at radius 2 is 2.07 bits per heavy atom. The van der Waals surface area contributed by atoms with Crippen LogP contribution in [-0.4, -0.2) is 10.6 Å². The number of carbonyl (C=O) groups excluding carboxylic acids is 1. The van der Waals surface area contributed by atoms with Crippen molar-refractivity contribution >= 4 is 28.4 Å². The molecular formula is C11H12Cl2O. The molecule has 0 amide bonds. The molecule has 0 spiro atoms. The van der Waals surface area contributed by atoms with E-state index in [2.05, 4.69) is 0 Å². The van der Waals surface area contributed by atoms with Crippen LogP contribution in [0.5, 0.6) is 0 Å². The highest BCUT2D eigenvalue weighted by molar-refractivity contribution is 6.69. The van der Waals surface area contributed by atoms with E-state index in [1.54, 1.807) is 0 Å². The van der Waals surface area contributed by atoms with Gasteiger partial charge in [-0.05, 0) is 43.0 Å². The summed E-state index contributed by atoms with van der Waals surface area (Å²) in [4.78, 5) is 10.8. The molecule has 1 nitrogen and oxygen atoms in total. The lowest BCUT2D eigenvalue weighted by molar-refractivity contribution is -0.111. The molecule has 0 saturated heterocycles. The Balaban J connectivity index is 2.85. The van der Waals surface area contributed by atoms with Gasteiger partial charge in [0.25, 0.3) is 0 Å². The third-order valence-corrected chi connectivity index (χ3v) is 2.88. The van der Waals surface area contributed by atoms with E-state index >= 15 is 0 Å². The molecule has 0 aliphatic heterocycles. The number of halogens is 2. The van der Waals surface area contributed by atoms with Crippen molar-refractivity contribution in [3.05, 3.63) is 34.9 Å². The molecule has 1 rings (SSSR count). The fraction of sp³-hybridized carbons (Fsp3) is 0.364. The summed E-state index contributed by atoms with van der Waals surface area (Å²) in [6, 6.07) is 6.09. The Morgan fingerprint density at radius 3 is 2.64 bits per heavy atom. The van der Waals surface area contributed by atoms with E-state index in [0.717, 1.165) is 16.7 Å². The second-order valence-corrected chi connectivity index (χ2v) is 4.31. The minimum Gasteiger partial charge on any atom is -0.280 e. The average Bonchev–Trinajstić information content (AvgIpc) is 2.11. The highest BCUT2D eigenvalue weighted by Gasteiger charge is 2.14. The fourth-order valence-electron chi connectivity index (χ4n) is 1.29. The average molecular weight is 231 g/mol. The lowest BCUT2D eigenvalue weighted by Crippen LogP contribution is -2.12. The zero-order valence-electron chi connectivity index (χ0n) is 8.18. The summed E-state index contributed by atoms with van der Waals surface area (Å²) in [5.41, 5.74) is 3.38. The van der Waals surface area contributed by atoms with Crippen LogP contribution in [0.3, 0.4) is 0 Å². The van der Waals surface area contributed by atoms with Crippen LogP contribution in [0.25, 0.3) is 0 Å². The first-order chi connectivity index (χ1) is 6.50. The van der Waals surface area contributed by atoms with E-state index < -0.39 is 10.6 Å².